The number of carbonyl (C=O) groups is 3. The topological polar surface area (TPSA) is 92.9 Å². The van der Waals surface area contributed by atoms with Gasteiger partial charge in [-0.3, -0.25) is 9.59 Å². The van der Waals surface area contributed by atoms with Crippen LogP contribution in [0.1, 0.15) is 26.7 Å². The Bertz CT molecular complexity index is 384. The molecule has 0 spiro atoms. The van der Waals surface area contributed by atoms with Crippen LogP contribution in [-0.4, -0.2) is 60.5 Å². The van der Waals surface area contributed by atoms with Crippen molar-refractivity contribution in [3.63, 3.8) is 0 Å². The Morgan fingerprint density at radius 1 is 1.40 bits per heavy atom. The Labute approximate surface area is 119 Å². The van der Waals surface area contributed by atoms with E-state index in [0.29, 0.717) is 19.5 Å². The minimum atomic E-state index is -0.508. The van der Waals surface area contributed by atoms with Crippen molar-refractivity contribution >= 4 is 17.9 Å². The molecule has 1 fully saturated rings. The van der Waals surface area contributed by atoms with Crippen molar-refractivity contribution in [1.82, 2.24) is 9.80 Å². The highest BCUT2D eigenvalue weighted by Gasteiger charge is 2.32. The second-order valence-electron chi connectivity index (χ2n) is 5.26. The van der Waals surface area contributed by atoms with E-state index in [4.69, 9.17) is 5.73 Å². The highest BCUT2D eigenvalue weighted by Crippen LogP contribution is 2.19. The summed E-state index contributed by atoms with van der Waals surface area (Å²) < 4.78 is 4.61. The molecular weight excluding hydrogens is 262 g/mol. The van der Waals surface area contributed by atoms with Gasteiger partial charge in [-0.1, -0.05) is 0 Å². The van der Waals surface area contributed by atoms with Crippen LogP contribution < -0.4 is 5.73 Å². The molecule has 1 heterocycles. The maximum absolute atomic E-state index is 12.5. The lowest BCUT2D eigenvalue weighted by atomic mass is 9.96. The van der Waals surface area contributed by atoms with E-state index >= 15 is 0 Å². The zero-order chi connectivity index (χ0) is 15.3. The summed E-state index contributed by atoms with van der Waals surface area (Å²) in [4.78, 5) is 38.0. The number of carbonyl (C=O) groups excluding carboxylic acids is 3. The number of esters is 1. The smallest absolute Gasteiger partial charge is 0.325 e. The maximum Gasteiger partial charge on any atom is 0.325 e. The minimum Gasteiger partial charge on any atom is -0.468 e. The number of nitrogens with two attached hydrogens (primary N) is 1. The van der Waals surface area contributed by atoms with Crippen LogP contribution in [0.25, 0.3) is 0 Å². The average molecular weight is 285 g/mol. The Morgan fingerprint density at radius 2 is 2.05 bits per heavy atom. The summed E-state index contributed by atoms with van der Waals surface area (Å²) in [6.45, 7) is 4.52. The molecule has 1 aliphatic rings. The number of ether oxygens (including phenoxy) is 1. The fraction of sp³-hybridized carbons (Fsp3) is 0.769. The first-order valence-corrected chi connectivity index (χ1v) is 6.78. The van der Waals surface area contributed by atoms with Crippen LogP contribution >= 0.6 is 0 Å². The summed E-state index contributed by atoms with van der Waals surface area (Å²) in [5, 5.41) is 0. The van der Waals surface area contributed by atoms with E-state index in [1.807, 2.05) is 13.8 Å². The molecule has 0 radical (unpaired) electrons. The molecule has 7 nitrogen and oxygen atoms in total. The fourth-order valence-corrected chi connectivity index (χ4v) is 2.33. The molecule has 1 atom stereocenters. The average Bonchev–Trinajstić information content (AvgIpc) is 2.43. The van der Waals surface area contributed by atoms with Gasteiger partial charge in [0, 0.05) is 19.1 Å². The highest BCUT2D eigenvalue weighted by atomic mass is 16.5. The van der Waals surface area contributed by atoms with Crippen molar-refractivity contribution in [2.45, 2.75) is 32.7 Å². The zero-order valence-corrected chi connectivity index (χ0v) is 12.3. The highest BCUT2D eigenvalue weighted by molar-refractivity contribution is 5.84. The molecule has 0 aromatic rings. The molecule has 0 aliphatic carbocycles. The molecular formula is C13H23N3O4. The summed E-state index contributed by atoms with van der Waals surface area (Å²) in [6.07, 6.45) is 1.44. The van der Waals surface area contributed by atoms with Gasteiger partial charge in [0.2, 0.25) is 5.91 Å². The third-order valence-corrected chi connectivity index (χ3v) is 3.52. The van der Waals surface area contributed by atoms with E-state index < -0.39 is 12.0 Å². The molecule has 0 bridgehead atoms. The zero-order valence-electron chi connectivity index (χ0n) is 12.3. The number of primary amides is 1. The van der Waals surface area contributed by atoms with Gasteiger partial charge >= 0.3 is 12.0 Å². The number of nitrogens with zero attached hydrogens (tertiary/aromatic N) is 2. The number of piperidine rings is 1. The monoisotopic (exact) mass is 285 g/mol. The van der Waals surface area contributed by atoms with Crippen molar-refractivity contribution in [2.24, 2.45) is 11.7 Å². The van der Waals surface area contributed by atoms with Crippen LogP contribution in [0.2, 0.25) is 0 Å². The number of amides is 3. The van der Waals surface area contributed by atoms with Crippen LogP contribution in [0.5, 0.6) is 0 Å². The maximum atomic E-state index is 12.5. The standard InChI is InChI=1S/C13H23N3O4/c1-9(2)16(8-11(17)20-3)12(18)10-5-4-6-15(7-10)13(14)19/h9-10H,4-8H2,1-3H3,(H2,14,19). The summed E-state index contributed by atoms with van der Waals surface area (Å²) in [5.41, 5.74) is 5.26. The van der Waals surface area contributed by atoms with Crippen molar-refractivity contribution < 1.29 is 19.1 Å². The number of hydrogen-bond donors (Lipinski definition) is 1. The molecule has 2 N–H and O–H groups in total. The van der Waals surface area contributed by atoms with Crippen molar-refractivity contribution in [3.8, 4) is 0 Å². The van der Waals surface area contributed by atoms with Gasteiger partial charge < -0.3 is 20.3 Å². The first kappa shape index (κ1) is 16.3. The molecule has 20 heavy (non-hydrogen) atoms. The number of likely N-dealkylation sites (tertiary alicyclic amines) is 1. The fourth-order valence-electron chi connectivity index (χ4n) is 2.33. The third kappa shape index (κ3) is 4.11. The van der Waals surface area contributed by atoms with E-state index in [2.05, 4.69) is 4.74 Å². The molecule has 0 saturated carbocycles. The van der Waals surface area contributed by atoms with Gasteiger partial charge in [0.05, 0.1) is 13.0 Å². The predicted molar refractivity (Wildman–Crippen MR) is 72.7 cm³/mol. The molecule has 3 amide bonds. The lowest BCUT2D eigenvalue weighted by Crippen LogP contribution is -2.50. The van der Waals surface area contributed by atoms with Crippen LogP contribution in [0, 0.1) is 5.92 Å². The van der Waals surface area contributed by atoms with E-state index in [9.17, 15) is 14.4 Å². The van der Waals surface area contributed by atoms with Crippen LogP contribution in [0.15, 0.2) is 0 Å². The second-order valence-corrected chi connectivity index (χ2v) is 5.26. The SMILES string of the molecule is COC(=O)CN(C(=O)C1CCCN(C(N)=O)C1)C(C)C. The molecule has 1 rings (SSSR count). The van der Waals surface area contributed by atoms with Crippen molar-refractivity contribution in [3.05, 3.63) is 0 Å². The number of hydrogen-bond acceptors (Lipinski definition) is 4. The number of rotatable bonds is 4. The van der Waals surface area contributed by atoms with Crippen molar-refractivity contribution in [1.29, 1.82) is 0 Å². The van der Waals surface area contributed by atoms with Crippen molar-refractivity contribution in [2.75, 3.05) is 26.7 Å². The molecule has 1 saturated heterocycles. The lowest BCUT2D eigenvalue weighted by Gasteiger charge is -2.35. The molecule has 7 heteroatoms. The number of methoxy groups -OCH3 is 1. The normalized spacial score (nSPS) is 18.8. The predicted octanol–water partition coefficient (Wildman–Crippen LogP) is 0.187. The van der Waals surface area contributed by atoms with E-state index in [1.165, 1.54) is 16.9 Å². The van der Waals surface area contributed by atoms with Gasteiger partial charge in [-0.15, -0.1) is 0 Å². The number of urea groups is 1. The lowest BCUT2D eigenvalue weighted by molar-refractivity contribution is -0.150. The van der Waals surface area contributed by atoms with Gasteiger partial charge in [0.15, 0.2) is 0 Å². The first-order valence-electron chi connectivity index (χ1n) is 6.78. The molecule has 0 aromatic carbocycles. The van der Waals surface area contributed by atoms with Crippen LogP contribution in [0.4, 0.5) is 4.79 Å². The quantitative estimate of drug-likeness (QED) is 0.746. The van der Waals surface area contributed by atoms with Crippen LogP contribution in [-0.2, 0) is 14.3 Å². The Hall–Kier alpha value is -1.79. The van der Waals surface area contributed by atoms with E-state index in [-0.39, 0.29) is 24.4 Å². The third-order valence-electron chi connectivity index (χ3n) is 3.52. The van der Waals surface area contributed by atoms with Gasteiger partial charge in [0.1, 0.15) is 6.54 Å². The first-order chi connectivity index (χ1) is 9.36. The Balaban J connectivity index is 2.73. The van der Waals surface area contributed by atoms with E-state index in [0.717, 1.165) is 6.42 Å². The molecule has 114 valence electrons. The summed E-state index contributed by atoms with van der Waals surface area (Å²) in [6, 6.07) is -0.614. The Morgan fingerprint density at radius 3 is 2.55 bits per heavy atom. The van der Waals surface area contributed by atoms with Gasteiger partial charge in [-0.25, -0.2) is 4.79 Å². The Kier molecular flexibility index (Phi) is 5.79. The summed E-state index contributed by atoms with van der Waals surface area (Å²) in [7, 11) is 1.29. The van der Waals surface area contributed by atoms with Crippen LogP contribution in [0.3, 0.4) is 0 Å². The minimum absolute atomic E-state index is 0.0694. The summed E-state index contributed by atoms with van der Waals surface area (Å²) in [5.74, 6) is -0.880. The second kappa shape index (κ2) is 7.12. The molecule has 1 unspecified atom stereocenters. The van der Waals surface area contributed by atoms with Gasteiger partial charge in [-0.2, -0.15) is 0 Å². The van der Waals surface area contributed by atoms with Gasteiger partial charge in [0.25, 0.3) is 0 Å². The molecule has 0 aromatic heterocycles. The van der Waals surface area contributed by atoms with E-state index in [1.54, 1.807) is 0 Å². The largest absolute Gasteiger partial charge is 0.468 e. The van der Waals surface area contributed by atoms with Gasteiger partial charge in [-0.05, 0) is 26.7 Å². The molecule has 1 aliphatic heterocycles. The summed E-state index contributed by atoms with van der Waals surface area (Å²) >= 11 is 0.